The van der Waals surface area contributed by atoms with Crippen molar-refractivity contribution in [1.29, 1.82) is 0 Å². The van der Waals surface area contributed by atoms with Gasteiger partial charge >= 0.3 is 0 Å². The third-order valence-corrected chi connectivity index (χ3v) is 3.72. The third kappa shape index (κ3) is 2.28. The zero-order valence-corrected chi connectivity index (χ0v) is 9.91. The molecule has 72 valence electrons. The van der Waals surface area contributed by atoms with Crippen molar-refractivity contribution in [2.45, 2.75) is 12.8 Å². The highest BCUT2D eigenvalue weighted by Gasteiger charge is 2.16. The summed E-state index contributed by atoms with van der Waals surface area (Å²) in [6.45, 7) is 1.92. The van der Waals surface area contributed by atoms with Crippen LogP contribution in [0.5, 0.6) is 0 Å². The fourth-order valence-electron chi connectivity index (χ4n) is 1.03. The number of carbonyl (C=O) groups excluding carboxylic acids is 1. The smallest absolute Gasteiger partial charge is 0.182 e. The molecular formula is C8H11BrN2OS. The maximum atomic E-state index is 10.7. The van der Waals surface area contributed by atoms with E-state index in [-0.39, 0.29) is 5.92 Å². The normalized spacial score (nSPS) is 12.5. The molecule has 1 atom stereocenters. The summed E-state index contributed by atoms with van der Waals surface area (Å²) >= 11 is 4.84. The van der Waals surface area contributed by atoms with Crippen LogP contribution >= 0.6 is 27.3 Å². The van der Waals surface area contributed by atoms with Gasteiger partial charge in [0.05, 0.1) is 11.6 Å². The Labute approximate surface area is 89.7 Å². The minimum Gasteiger partial charge on any atom is -0.365 e. The number of aryl methyl sites for hydroxylation is 1. The van der Waals surface area contributed by atoms with Gasteiger partial charge in [-0.25, -0.2) is 4.98 Å². The lowest BCUT2D eigenvalue weighted by Gasteiger charge is -2.02. The number of nitrogens with zero attached hydrogens (tertiary/aromatic N) is 1. The first-order valence-electron chi connectivity index (χ1n) is 3.89. The van der Waals surface area contributed by atoms with E-state index in [2.05, 4.69) is 26.2 Å². The zero-order valence-electron chi connectivity index (χ0n) is 7.50. The lowest BCUT2D eigenvalue weighted by Crippen LogP contribution is -2.00. The molecule has 0 saturated heterocycles. The second kappa shape index (κ2) is 4.72. The SMILES string of the molecule is CNc1nc(C)c(C(C=O)CBr)s1. The number of carbonyl (C=O) groups is 1. The van der Waals surface area contributed by atoms with E-state index in [9.17, 15) is 4.79 Å². The van der Waals surface area contributed by atoms with Crippen molar-refractivity contribution in [2.75, 3.05) is 17.7 Å². The minimum absolute atomic E-state index is 0.0698. The average Bonchev–Trinajstić information content (AvgIpc) is 2.50. The van der Waals surface area contributed by atoms with Gasteiger partial charge in [-0.2, -0.15) is 0 Å². The molecule has 0 amide bonds. The number of thiazole rings is 1. The summed E-state index contributed by atoms with van der Waals surface area (Å²) in [7, 11) is 1.83. The highest BCUT2D eigenvalue weighted by atomic mass is 79.9. The largest absolute Gasteiger partial charge is 0.365 e. The van der Waals surface area contributed by atoms with Crippen LogP contribution in [0.15, 0.2) is 0 Å². The first-order valence-corrected chi connectivity index (χ1v) is 5.83. The average molecular weight is 263 g/mol. The maximum absolute atomic E-state index is 10.7. The molecule has 0 saturated carbocycles. The molecule has 5 heteroatoms. The van der Waals surface area contributed by atoms with Crippen LogP contribution in [-0.4, -0.2) is 23.6 Å². The van der Waals surface area contributed by atoms with Gasteiger partial charge in [-0.1, -0.05) is 15.9 Å². The topological polar surface area (TPSA) is 42.0 Å². The highest BCUT2D eigenvalue weighted by Crippen LogP contribution is 2.29. The molecule has 1 rings (SSSR count). The molecule has 0 bridgehead atoms. The van der Waals surface area contributed by atoms with Gasteiger partial charge in [0, 0.05) is 17.3 Å². The lowest BCUT2D eigenvalue weighted by atomic mass is 10.1. The summed E-state index contributed by atoms with van der Waals surface area (Å²) in [5, 5.41) is 4.48. The van der Waals surface area contributed by atoms with E-state index >= 15 is 0 Å². The van der Waals surface area contributed by atoms with Gasteiger partial charge in [0.25, 0.3) is 0 Å². The van der Waals surface area contributed by atoms with Gasteiger partial charge < -0.3 is 10.1 Å². The second-order valence-corrected chi connectivity index (χ2v) is 4.29. The molecule has 1 heterocycles. The Kier molecular flexibility index (Phi) is 3.87. The molecule has 0 spiro atoms. The van der Waals surface area contributed by atoms with Crippen LogP contribution in [0.1, 0.15) is 16.5 Å². The molecule has 0 aromatic carbocycles. The van der Waals surface area contributed by atoms with Crippen LogP contribution in [0.4, 0.5) is 5.13 Å². The number of aldehydes is 1. The Hall–Kier alpha value is -0.420. The highest BCUT2D eigenvalue weighted by molar-refractivity contribution is 9.09. The molecule has 0 aliphatic carbocycles. The lowest BCUT2D eigenvalue weighted by molar-refractivity contribution is -0.108. The van der Waals surface area contributed by atoms with Crippen molar-refractivity contribution < 1.29 is 4.79 Å². The van der Waals surface area contributed by atoms with E-state index in [1.165, 1.54) is 11.3 Å². The Bertz CT molecular complexity index is 300. The van der Waals surface area contributed by atoms with Gasteiger partial charge in [0.2, 0.25) is 0 Å². The molecule has 0 fully saturated rings. The second-order valence-electron chi connectivity index (χ2n) is 2.62. The molecular weight excluding hydrogens is 252 g/mol. The van der Waals surface area contributed by atoms with E-state index < -0.39 is 0 Å². The standard InChI is InChI=1S/C8H11BrN2OS/c1-5-7(6(3-9)4-12)13-8(10-2)11-5/h4,6H,3H2,1-2H3,(H,10,11). The Balaban J connectivity index is 2.98. The molecule has 1 aromatic rings. The number of alkyl halides is 1. The molecule has 13 heavy (non-hydrogen) atoms. The fourth-order valence-corrected chi connectivity index (χ4v) is 2.69. The summed E-state index contributed by atoms with van der Waals surface area (Å²) in [5.74, 6) is -0.0698. The summed E-state index contributed by atoms with van der Waals surface area (Å²) in [4.78, 5) is 16.0. The number of nitrogens with one attached hydrogen (secondary N) is 1. The van der Waals surface area contributed by atoms with Crippen LogP contribution in [0.3, 0.4) is 0 Å². The summed E-state index contributed by atoms with van der Waals surface area (Å²) in [6, 6.07) is 0. The predicted molar refractivity (Wildman–Crippen MR) is 59.0 cm³/mol. The van der Waals surface area contributed by atoms with Crippen molar-refractivity contribution >= 4 is 38.7 Å². The quantitative estimate of drug-likeness (QED) is 0.668. The van der Waals surface area contributed by atoms with Gasteiger partial charge in [-0.3, -0.25) is 0 Å². The Morgan fingerprint density at radius 1 is 1.77 bits per heavy atom. The molecule has 0 aliphatic heterocycles. The fraction of sp³-hybridized carbons (Fsp3) is 0.500. The van der Waals surface area contributed by atoms with Crippen molar-refractivity contribution in [3.63, 3.8) is 0 Å². The van der Waals surface area contributed by atoms with Gasteiger partial charge in [0.15, 0.2) is 5.13 Å². The molecule has 3 nitrogen and oxygen atoms in total. The number of anilines is 1. The Morgan fingerprint density at radius 2 is 2.46 bits per heavy atom. The zero-order chi connectivity index (χ0) is 9.84. The minimum atomic E-state index is -0.0698. The van der Waals surface area contributed by atoms with Crippen LogP contribution in [0.25, 0.3) is 0 Å². The van der Waals surface area contributed by atoms with Gasteiger partial charge in [0.1, 0.15) is 6.29 Å². The van der Waals surface area contributed by atoms with Crippen LogP contribution < -0.4 is 5.32 Å². The van der Waals surface area contributed by atoms with E-state index in [4.69, 9.17) is 0 Å². The van der Waals surface area contributed by atoms with Crippen LogP contribution in [0, 0.1) is 6.92 Å². The molecule has 0 aliphatic rings. The predicted octanol–water partition coefficient (Wildman–Crippen LogP) is 2.17. The first kappa shape index (κ1) is 10.7. The number of aromatic nitrogens is 1. The summed E-state index contributed by atoms with van der Waals surface area (Å²) in [6.07, 6.45) is 0.953. The maximum Gasteiger partial charge on any atom is 0.182 e. The molecule has 1 aromatic heterocycles. The van der Waals surface area contributed by atoms with Crippen LogP contribution in [0.2, 0.25) is 0 Å². The van der Waals surface area contributed by atoms with Crippen molar-refractivity contribution in [3.8, 4) is 0 Å². The monoisotopic (exact) mass is 262 g/mol. The van der Waals surface area contributed by atoms with Crippen LogP contribution in [-0.2, 0) is 4.79 Å². The van der Waals surface area contributed by atoms with Gasteiger partial charge in [-0.05, 0) is 6.92 Å². The van der Waals surface area contributed by atoms with E-state index in [1.807, 2.05) is 14.0 Å². The van der Waals surface area contributed by atoms with Crippen molar-refractivity contribution in [3.05, 3.63) is 10.6 Å². The number of hydrogen-bond acceptors (Lipinski definition) is 4. The number of rotatable bonds is 4. The first-order chi connectivity index (χ1) is 6.22. The number of halogens is 1. The van der Waals surface area contributed by atoms with E-state index in [0.717, 1.165) is 22.0 Å². The third-order valence-electron chi connectivity index (χ3n) is 1.71. The summed E-state index contributed by atoms with van der Waals surface area (Å²) in [5.41, 5.74) is 0.936. The number of hydrogen-bond donors (Lipinski definition) is 1. The molecule has 1 N–H and O–H groups in total. The summed E-state index contributed by atoms with van der Waals surface area (Å²) < 4.78 is 0. The Morgan fingerprint density at radius 3 is 2.85 bits per heavy atom. The van der Waals surface area contributed by atoms with E-state index in [0.29, 0.717) is 5.33 Å². The van der Waals surface area contributed by atoms with E-state index in [1.54, 1.807) is 0 Å². The van der Waals surface area contributed by atoms with Crippen molar-refractivity contribution in [1.82, 2.24) is 4.98 Å². The van der Waals surface area contributed by atoms with Gasteiger partial charge in [-0.15, -0.1) is 11.3 Å². The van der Waals surface area contributed by atoms with Crippen molar-refractivity contribution in [2.24, 2.45) is 0 Å². The molecule has 1 unspecified atom stereocenters. The molecule has 0 radical (unpaired) electrons.